The second-order valence-corrected chi connectivity index (χ2v) is 7.60. The van der Waals surface area contributed by atoms with Gasteiger partial charge in [0.05, 0.1) is 17.2 Å². The minimum absolute atomic E-state index is 0.408. The number of carbonyl (C=O) groups is 1. The van der Waals surface area contributed by atoms with Gasteiger partial charge < -0.3 is 15.8 Å². The molecule has 1 atom stereocenters. The van der Waals surface area contributed by atoms with Crippen LogP contribution in [0.4, 0.5) is 5.95 Å². The lowest BCUT2D eigenvalue weighted by Crippen LogP contribution is -2.31. The number of rotatable bonds is 5. The molecule has 154 valence electrons. The van der Waals surface area contributed by atoms with Gasteiger partial charge in [-0.05, 0) is 49.7 Å². The Hall–Kier alpha value is -3.03. The van der Waals surface area contributed by atoms with E-state index in [-0.39, 0.29) is 0 Å². The fourth-order valence-electron chi connectivity index (χ4n) is 3.48. The molecule has 3 aromatic rings. The zero-order valence-corrected chi connectivity index (χ0v) is 17.8. The van der Waals surface area contributed by atoms with Gasteiger partial charge in [-0.25, -0.2) is 4.68 Å². The Morgan fingerprint density at radius 1 is 1.23 bits per heavy atom. The van der Waals surface area contributed by atoms with Crippen molar-refractivity contribution in [1.82, 2.24) is 14.8 Å². The maximum atomic E-state index is 12.3. The molecule has 1 amide bonds. The van der Waals surface area contributed by atoms with E-state index in [2.05, 4.69) is 15.4 Å². The van der Waals surface area contributed by atoms with Crippen LogP contribution in [0.1, 0.15) is 25.5 Å². The number of primary amides is 1. The van der Waals surface area contributed by atoms with Crippen LogP contribution in [0.2, 0.25) is 10.0 Å². The highest BCUT2D eigenvalue weighted by molar-refractivity contribution is 6.36. The summed E-state index contributed by atoms with van der Waals surface area (Å²) in [5.74, 6) is 1.10. The summed E-state index contributed by atoms with van der Waals surface area (Å²) in [5.41, 5.74) is 8.21. The number of hydrogen-bond acceptors (Lipinski definition) is 5. The van der Waals surface area contributed by atoms with E-state index in [0.717, 1.165) is 11.3 Å². The van der Waals surface area contributed by atoms with Gasteiger partial charge in [-0.3, -0.25) is 4.79 Å². The lowest BCUT2D eigenvalue weighted by molar-refractivity contribution is -0.115. The molecule has 0 fully saturated rings. The number of ether oxygens (including phenoxy) is 1. The van der Waals surface area contributed by atoms with Crippen LogP contribution >= 0.6 is 23.2 Å². The van der Waals surface area contributed by atoms with E-state index in [9.17, 15) is 4.79 Å². The zero-order chi connectivity index (χ0) is 21.4. The largest absolute Gasteiger partial charge is 0.494 e. The summed E-state index contributed by atoms with van der Waals surface area (Å²) >= 11 is 12.3. The predicted molar refractivity (Wildman–Crippen MR) is 117 cm³/mol. The molecule has 9 heteroatoms. The fraction of sp³-hybridized carbons (Fsp3) is 0.190. The minimum atomic E-state index is -0.540. The number of nitrogens with two attached hydrogens (primary N) is 1. The Bertz CT molecular complexity index is 1150. The highest BCUT2D eigenvalue weighted by Crippen LogP contribution is 2.37. The number of hydrogen-bond donors (Lipinski definition) is 2. The van der Waals surface area contributed by atoms with E-state index < -0.39 is 11.9 Å². The fourth-order valence-corrected chi connectivity index (χ4v) is 3.97. The second-order valence-electron chi connectivity index (χ2n) is 6.76. The molecule has 1 aliphatic rings. The molecule has 1 unspecified atom stereocenters. The maximum Gasteiger partial charge on any atom is 0.248 e. The van der Waals surface area contributed by atoms with Gasteiger partial charge in [0.2, 0.25) is 11.9 Å². The monoisotopic (exact) mass is 443 g/mol. The quantitative estimate of drug-likeness (QED) is 0.608. The highest BCUT2D eigenvalue weighted by Gasteiger charge is 2.33. The van der Waals surface area contributed by atoms with Crippen molar-refractivity contribution in [3.05, 3.63) is 69.3 Å². The molecule has 4 rings (SSSR count). The molecule has 0 spiro atoms. The Labute approximate surface area is 183 Å². The summed E-state index contributed by atoms with van der Waals surface area (Å²) in [6.07, 6.45) is 0. The molecular weight excluding hydrogens is 425 g/mol. The van der Waals surface area contributed by atoms with Crippen LogP contribution in [0.15, 0.2) is 53.7 Å². The van der Waals surface area contributed by atoms with Crippen LogP contribution < -0.4 is 15.8 Å². The van der Waals surface area contributed by atoms with E-state index in [1.165, 1.54) is 0 Å². The molecule has 2 aromatic carbocycles. The SMILES string of the molecule is CCOc1ccc(C2C(C(N)=O)=C(C)Nc3nc(-c4ccc(Cl)cc4Cl)nn32)cc1. The average molecular weight is 444 g/mol. The van der Waals surface area contributed by atoms with Gasteiger partial charge in [-0.1, -0.05) is 35.3 Å². The van der Waals surface area contributed by atoms with Crippen molar-refractivity contribution in [2.75, 3.05) is 11.9 Å². The zero-order valence-electron chi connectivity index (χ0n) is 16.3. The van der Waals surface area contributed by atoms with Crippen molar-refractivity contribution in [1.29, 1.82) is 0 Å². The first kappa shape index (κ1) is 20.3. The summed E-state index contributed by atoms with van der Waals surface area (Å²) in [4.78, 5) is 16.9. The van der Waals surface area contributed by atoms with Crippen molar-refractivity contribution < 1.29 is 9.53 Å². The molecule has 0 saturated heterocycles. The molecular formula is C21H19Cl2N5O2. The third kappa shape index (κ3) is 3.62. The molecule has 2 heterocycles. The van der Waals surface area contributed by atoms with Crippen molar-refractivity contribution in [2.24, 2.45) is 5.73 Å². The van der Waals surface area contributed by atoms with Gasteiger partial charge in [0, 0.05) is 16.3 Å². The molecule has 0 bridgehead atoms. The summed E-state index contributed by atoms with van der Waals surface area (Å²) in [5, 5.41) is 8.71. The molecule has 0 saturated carbocycles. The lowest BCUT2D eigenvalue weighted by Gasteiger charge is -2.27. The third-order valence-electron chi connectivity index (χ3n) is 4.80. The second kappa shape index (κ2) is 8.01. The summed E-state index contributed by atoms with van der Waals surface area (Å²) in [6.45, 7) is 4.27. The smallest absolute Gasteiger partial charge is 0.248 e. The molecule has 1 aliphatic heterocycles. The first-order valence-electron chi connectivity index (χ1n) is 9.31. The van der Waals surface area contributed by atoms with Gasteiger partial charge in [-0.2, -0.15) is 4.98 Å². The number of amides is 1. The lowest BCUT2D eigenvalue weighted by atomic mass is 9.95. The summed E-state index contributed by atoms with van der Waals surface area (Å²) < 4.78 is 7.16. The number of nitrogens with one attached hydrogen (secondary N) is 1. The minimum Gasteiger partial charge on any atom is -0.494 e. The van der Waals surface area contributed by atoms with Crippen LogP contribution in [0.5, 0.6) is 5.75 Å². The van der Waals surface area contributed by atoms with Gasteiger partial charge in [0.25, 0.3) is 0 Å². The van der Waals surface area contributed by atoms with Crippen LogP contribution in [0.25, 0.3) is 11.4 Å². The van der Waals surface area contributed by atoms with Crippen LogP contribution in [0, 0.1) is 0 Å². The van der Waals surface area contributed by atoms with Gasteiger partial charge >= 0.3 is 0 Å². The molecule has 0 radical (unpaired) electrons. The molecule has 1 aromatic heterocycles. The Morgan fingerprint density at radius 2 is 1.97 bits per heavy atom. The van der Waals surface area contributed by atoms with E-state index in [0.29, 0.717) is 45.3 Å². The first-order valence-corrected chi connectivity index (χ1v) is 10.1. The van der Waals surface area contributed by atoms with Crippen molar-refractivity contribution in [3.8, 4) is 17.1 Å². The van der Waals surface area contributed by atoms with Crippen LogP contribution in [-0.4, -0.2) is 27.3 Å². The van der Waals surface area contributed by atoms with Crippen molar-refractivity contribution in [3.63, 3.8) is 0 Å². The summed E-state index contributed by atoms with van der Waals surface area (Å²) in [7, 11) is 0. The number of allylic oxidation sites excluding steroid dienone is 1. The number of carbonyl (C=O) groups excluding carboxylic acids is 1. The van der Waals surface area contributed by atoms with Crippen molar-refractivity contribution >= 4 is 35.1 Å². The third-order valence-corrected chi connectivity index (χ3v) is 5.34. The predicted octanol–water partition coefficient (Wildman–Crippen LogP) is 4.42. The molecule has 3 N–H and O–H groups in total. The number of fused-ring (bicyclic) bond motifs is 1. The Morgan fingerprint density at radius 3 is 2.60 bits per heavy atom. The van der Waals surface area contributed by atoms with Crippen LogP contribution in [-0.2, 0) is 4.79 Å². The normalized spacial score (nSPS) is 15.5. The Balaban J connectivity index is 1.84. The number of nitrogens with zero attached hydrogens (tertiary/aromatic N) is 3. The first-order chi connectivity index (χ1) is 14.4. The number of anilines is 1. The van der Waals surface area contributed by atoms with E-state index in [1.54, 1.807) is 29.8 Å². The maximum absolute atomic E-state index is 12.3. The highest BCUT2D eigenvalue weighted by atomic mass is 35.5. The van der Waals surface area contributed by atoms with E-state index in [4.69, 9.17) is 33.7 Å². The average Bonchev–Trinajstić information content (AvgIpc) is 3.10. The Kier molecular flexibility index (Phi) is 5.40. The van der Waals surface area contributed by atoms with Crippen LogP contribution in [0.3, 0.4) is 0 Å². The molecule has 7 nitrogen and oxygen atoms in total. The number of halogens is 2. The van der Waals surface area contributed by atoms with Crippen molar-refractivity contribution in [2.45, 2.75) is 19.9 Å². The van der Waals surface area contributed by atoms with Gasteiger partial charge in [-0.15, -0.1) is 5.10 Å². The summed E-state index contributed by atoms with van der Waals surface area (Å²) in [6, 6.07) is 12.0. The standard InChI is InChI=1S/C21H19Cl2N5O2/c1-3-30-14-7-4-12(5-8-14)18-17(19(24)29)11(2)25-21-26-20(27-28(18)21)15-9-6-13(22)10-16(15)23/h4-10,18H,3H2,1-2H3,(H2,24,29)(H,25,26,27). The number of benzene rings is 2. The van der Waals surface area contributed by atoms with E-state index >= 15 is 0 Å². The number of aromatic nitrogens is 3. The van der Waals surface area contributed by atoms with Gasteiger partial charge in [0.1, 0.15) is 11.8 Å². The topological polar surface area (TPSA) is 95.1 Å². The van der Waals surface area contributed by atoms with E-state index in [1.807, 2.05) is 31.2 Å². The molecule has 0 aliphatic carbocycles. The van der Waals surface area contributed by atoms with Gasteiger partial charge in [0.15, 0.2) is 5.82 Å². The molecule has 30 heavy (non-hydrogen) atoms.